The molecule has 1 aromatic carbocycles. The van der Waals surface area contributed by atoms with Crippen molar-refractivity contribution >= 4 is 29.4 Å². The van der Waals surface area contributed by atoms with Crippen LogP contribution in [0.1, 0.15) is 56.3 Å². The zero-order chi connectivity index (χ0) is 20.0. The van der Waals surface area contributed by atoms with Crippen LogP contribution >= 0.6 is 11.6 Å². The second kappa shape index (κ2) is 9.22. The van der Waals surface area contributed by atoms with E-state index < -0.39 is 29.4 Å². The Hall–Kier alpha value is -2.08. The van der Waals surface area contributed by atoms with Crippen molar-refractivity contribution in [3.05, 3.63) is 34.9 Å². The molecule has 0 saturated heterocycles. The number of carbonyl (C=O) groups is 3. The van der Waals surface area contributed by atoms with E-state index in [1.54, 1.807) is 24.3 Å². The Morgan fingerprint density at radius 2 is 1.74 bits per heavy atom. The Bertz CT molecular complexity index is 699. The molecular formula is C20H27ClN2O4. The van der Waals surface area contributed by atoms with Crippen LogP contribution in [0.3, 0.4) is 0 Å². The van der Waals surface area contributed by atoms with Crippen molar-refractivity contribution < 1.29 is 19.1 Å². The number of ether oxygens (including phenoxy) is 1. The molecule has 0 bridgehead atoms. The van der Waals surface area contributed by atoms with Gasteiger partial charge in [0, 0.05) is 0 Å². The van der Waals surface area contributed by atoms with Crippen molar-refractivity contribution in [3.8, 4) is 0 Å². The van der Waals surface area contributed by atoms with Crippen molar-refractivity contribution in [1.82, 2.24) is 10.6 Å². The van der Waals surface area contributed by atoms with Gasteiger partial charge in [0.1, 0.15) is 11.6 Å². The standard InChI is InChI=1S/C20H27ClN2O4/c1-13(2)16(22-17(24)14-9-5-6-10-15(14)21)18(25)23-20(19(26)27-3)11-7-4-8-12-20/h5-6,9-10,13,16H,4,7-8,11-12H2,1-3H3,(H,22,24)(H,23,25). The molecule has 7 heteroatoms. The van der Waals surface area contributed by atoms with Gasteiger partial charge in [0.2, 0.25) is 5.91 Å². The molecule has 6 nitrogen and oxygen atoms in total. The molecule has 27 heavy (non-hydrogen) atoms. The smallest absolute Gasteiger partial charge is 0.331 e. The molecule has 1 atom stereocenters. The highest BCUT2D eigenvalue weighted by molar-refractivity contribution is 6.33. The molecule has 1 aromatic rings. The van der Waals surface area contributed by atoms with Gasteiger partial charge in [-0.1, -0.05) is 56.8 Å². The van der Waals surface area contributed by atoms with Gasteiger partial charge in [-0.2, -0.15) is 0 Å². The van der Waals surface area contributed by atoms with E-state index in [2.05, 4.69) is 10.6 Å². The van der Waals surface area contributed by atoms with E-state index in [1.165, 1.54) is 7.11 Å². The van der Waals surface area contributed by atoms with Gasteiger partial charge in [0.15, 0.2) is 0 Å². The van der Waals surface area contributed by atoms with E-state index in [4.69, 9.17) is 16.3 Å². The third-order valence-corrected chi connectivity index (χ3v) is 5.33. The number of hydrogen-bond acceptors (Lipinski definition) is 4. The molecule has 1 aliphatic rings. The Morgan fingerprint density at radius 1 is 1.11 bits per heavy atom. The topological polar surface area (TPSA) is 84.5 Å². The number of hydrogen-bond donors (Lipinski definition) is 2. The summed E-state index contributed by atoms with van der Waals surface area (Å²) in [4.78, 5) is 37.9. The summed E-state index contributed by atoms with van der Waals surface area (Å²) in [6.45, 7) is 3.67. The molecule has 1 aliphatic carbocycles. The van der Waals surface area contributed by atoms with Gasteiger partial charge in [0.05, 0.1) is 17.7 Å². The first-order chi connectivity index (χ1) is 12.8. The van der Waals surface area contributed by atoms with Gasteiger partial charge in [-0.15, -0.1) is 0 Å². The molecule has 0 aliphatic heterocycles. The summed E-state index contributed by atoms with van der Waals surface area (Å²) < 4.78 is 4.94. The summed E-state index contributed by atoms with van der Waals surface area (Å²) in [6.07, 6.45) is 3.77. The number of carbonyl (C=O) groups excluding carboxylic acids is 3. The molecule has 1 saturated carbocycles. The van der Waals surface area contributed by atoms with Crippen LogP contribution in [0.5, 0.6) is 0 Å². The van der Waals surface area contributed by atoms with Crippen LogP contribution in [0.25, 0.3) is 0 Å². The lowest BCUT2D eigenvalue weighted by molar-refractivity contribution is -0.153. The normalized spacial score (nSPS) is 17.1. The Kier molecular flexibility index (Phi) is 7.25. The minimum atomic E-state index is -1.02. The number of benzene rings is 1. The van der Waals surface area contributed by atoms with Crippen molar-refractivity contribution in [3.63, 3.8) is 0 Å². The number of halogens is 1. The highest BCUT2D eigenvalue weighted by Gasteiger charge is 2.43. The van der Waals surface area contributed by atoms with E-state index in [9.17, 15) is 14.4 Å². The Balaban J connectivity index is 2.17. The molecule has 0 spiro atoms. The Morgan fingerprint density at radius 3 is 2.30 bits per heavy atom. The maximum absolute atomic E-state index is 13.0. The van der Waals surface area contributed by atoms with Crippen LogP contribution in [0, 0.1) is 5.92 Å². The zero-order valence-electron chi connectivity index (χ0n) is 16.0. The van der Waals surface area contributed by atoms with Crippen LogP contribution in [0.4, 0.5) is 0 Å². The van der Waals surface area contributed by atoms with Gasteiger partial charge in [-0.3, -0.25) is 9.59 Å². The molecule has 0 heterocycles. The van der Waals surface area contributed by atoms with Crippen LogP contribution in [-0.2, 0) is 14.3 Å². The first-order valence-electron chi connectivity index (χ1n) is 9.26. The number of amides is 2. The highest BCUT2D eigenvalue weighted by atomic mass is 35.5. The molecule has 2 N–H and O–H groups in total. The monoisotopic (exact) mass is 394 g/mol. The molecular weight excluding hydrogens is 368 g/mol. The minimum absolute atomic E-state index is 0.172. The summed E-state index contributed by atoms with van der Waals surface area (Å²) in [7, 11) is 1.32. The lowest BCUT2D eigenvalue weighted by Gasteiger charge is -2.37. The van der Waals surface area contributed by atoms with Gasteiger partial charge in [0.25, 0.3) is 5.91 Å². The van der Waals surface area contributed by atoms with E-state index in [-0.39, 0.29) is 5.92 Å². The molecule has 2 amide bonds. The molecule has 2 rings (SSSR count). The molecule has 1 fully saturated rings. The zero-order valence-corrected chi connectivity index (χ0v) is 16.8. The second-order valence-corrected chi connectivity index (χ2v) is 7.71. The third-order valence-electron chi connectivity index (χ3n) is 5.00. The summed E-state index contributed by atoms with van der Waals surface area (Å²) >= 11 is 6.08. The summed E-state index contributed by atoms with van der Waals surface area (Å²) in [5.74, 6) is -1.42. The maximum Gasteiger partial charge on any atom is 0.331 e. The van der Waals surface area contributed by atoms with Crippen LogP contribution in [0.2, 0.25) is 5.02 Å². The van der Waals surface area contributed by atoms with Crippen molar-refractivity contribution in [1.29, 1.82) is 0 Å². The van der Waals surface area contributed by atoms with Crippen molar-refractivity contribution in [2.24, 2.45) is 5.92 Å². The van der Waals surface area contributed by atoms with Crippen molar-refractivity contribution in [2.45, 2.75) is 57.5 Å². The highest BCUT2D eigenvalue weighted by Crippen LogP contribution is 2.29. The van der Waals surface area contributed by atoms with E-state index in [0.29, 0.717) is 23.4 Å². The number of esters is 1. The van der Waals surface area contributed by atoms with Crippen LogP contribution in [0.15, 0.2) is 24.3 Å². The molecule has 0 aromatic heterocycles. The molecule has 1 unspecified atom stereocenters. The first-order valence-corrected chi connectivity index (χ1v) is 9.64. The average molecular weight is 395 g/mol. The fourth-order valence-electron chi connectivity index (χ4n) is 3.44. The fourth-order valence-corrected chi connectivity index (χ4v) is 3.67. The number of nitrogens with one attached hydrogen (secondary N) is 2. The van der Waals surface area contributed by atoms with E-state index in [1.807, 2.05) is 13.8 Å². The second-order valence-electron chi connectivity index (χ2n) is 7.30. The predicted octanol–water partition coefficient (Wildman–Crippen LogP) is 3.09. The summed E-state index contributed by atoms with van der Waals surface area (Å²) in [5, 5.41) is 5.94. The SMILES string of the molecule is COC(=O)C1(NC(=O)C(NC(=O)c2ccccc2Cl)C(C)C)CCCCC1. The third kappa shape index (κ3) is 5.01. The van der Waals surface area contributed by atoms with E-state index >= 15 is 0 Å². The predicted molar refractivity (Wildman–Crippen MR) is 104 cm³/mol. The van der Waals surface area contributed by atoms with Crippen LogP contribution < -0.4 is 10.6 Å². The van der Waals surface area contributed by atoms with Crippen LogP contribution in [-0.4, -0.2) is 36.5 Å². The first kappa shape index (κ1) is 21.2. The van der Waals surface area contributed by atoms with Gasteiger partial charge in [-0.05, 0) is 30.9 Å². The lowest BCUT2D eigenvalue weighted by atomic mass is 9.81. The largest absolute Gasteiger partial charge is 0.467 e. The van der Waals surface area contributed by atoms with Gasteiger partial charge < -0.3 is 15.4 Å². The van der Waals surface area contributed by atoms with Crippen molar-refractivity contribution in [2.75, 3.05) is 7.11 Å². The summed E-state index contributed by atoms with van der Waals surface area (Å²) in [5.41, 5.74) is -0.718. The van der Waals surface area contributed by atoms with Gasteiger partial charge in [-0.25, -0.2) is 4.79 Å². The van der Waals surface area contributed by atoms with E-state index in [0.717, 1.165) is 19.3 Å². The van der Waals surface area contributed by atoms with Gasteiger partial charge >= 0.3 is 5.97 Å². The fraction of sp³-hybridized carbons (Fsp3) is 0.550. The lowest BCUT2D eigenvalue weighted by Crippen LogP contribution is -2.61. The summed E-state index contributed by atoms with van der Waals surface area (Å²) in [6, 6.07) is 5.87. The maximum atomic E-state index is 13.0. The Labute approximate surface area is 165 Å². The molecule has 0 radical (unpaired) electrons. The minimum Gasteiger partial charge on any atom is -0.467 e. The number of rotatable bonds is 6. The molecule has 148 valence electrons. The quantitative estimate of drug-likeness (QED) is 0.726. The number of methoxy groups -OCH3 is 1. The average Bonchev–Trinajstić information content (AvgIpc) is 2.65.